The zero-order valence-electron chi connectivity index (χ0n) is 7.07. The molecule has 2 nitrogen and oxygen atoms in total. The summed E-state index contributed by atoms with van der Waals surface area (Å²) in [6, 6.07) is 7.06. The predicted molar refractivity (Wildman–Crippen MR) is 55.1 cm³/mol. The summed E-state index contributed by atoms with van der Waals surface area (Å²) in [5.41, 5.74) is 0. The molecule has 0 saturated heterocycles. The molecule has 0 aliphatic heterocycles. The fourth-order valence-electron chi connectivity index (χ4n) is 0.930. The minimum atomic E-state index is -3.56. The molecule has 1 aromatic carbocycles. The number of hydrogen-bond acceptors (Lipinski definition) is 2. The van der Waals surface area contributed by atoms with Gasteiger partial charge in [0.1, 0.15) is 0 Å². The van der Waals surface area contributed by atoms with Gasteiger partial charge >= 0.3 is 0 Å². The zero-order valence-corrected chi connectivity index (χ0v) is 8.64. The van der Waals surface area contributed by atoms with Crippen LogP contribution >= 0.6 is 10.7 Å². The van der Waals surface area contributed by atoms with E-state index in [4.69, 9.17) is 10.7 Å². The highest BCUT2D eigenvalue weighted by molar-refractivity contribution is 8.19. The van der Waals surface area contributed by atoms with E-state index in [2.05, 4.69) is 0 Å². The van der Waals surface area contributed by atoms with Gasteiger partial charge in [-0.3, -0.25) is 0 Å². The molecule has 0 unspecified atom stereocenters. The second-order valence-electron chi connectivity index (χ2n) is 2.55. The van der Waals surface area contributed by atoms with Crippen LogP contribution in [0.3, 0.4) is 0 Å². The van der Waals surface area contributed by atoms with E-state index in [9.17, 15) is 8.42 Å². The Bertz CT molecular complexity index is 479. The molecule has 13 heavy (non-hydrogen) atoms. The fourth-order valence-corrected chi connectivity index (χ4v) is 1.72. The first kappa shape index (κ1) is 10.3. The quantitative estimate of drug-likeness (QED) is 0.651. The smallest absolute Gasteiger partial charge is 0.208 e. The van der Waals surface area contributed by atoms with Gasteiger partial charge in [0.05, 0.1) is 5.41 Å². The molecule has 0 saturated carbocycles. The minimum absolute atomic E-state index is 0.584. The number of rotatable bonds is 1. The van der Waals surface area contributed by atoms with Gasteiger partial charge in [-0.1, -0.05) is 30.3 Å². The highest BCUT2D eigenvalue weighted by Gasteiger charge is 1.95. The van der Waals surface area contributed by atoms with E-state index in [1.807, 2.05) is 25.1 Å². The maximum Gasteiger partial charge on any atom is 0.255 e. The summed E-state index contributed by atoms with van der Waals surface area (Å²) >= 11 is 0. The molecule has 0 aliphatic carbocycles. The lowest BCUT2D eigenvalue weighted by Gasteiger charge is -1.86. The normalized spacial score (nSPS) is 10.9. The lowest BCUT2D eigenvalue weighted by Crippen LogP contribution is -2.07. The van der Waals surface area contributed by atoms with Crippen LogP contribution in [0, 0.1) is 0 Å². The molecule has 0 heterocycles. The third-order valence-corrected chi connectivity index (χ3v) is 2.37. The van der Waals surface area contributed by atoms with Crippen LogP contribution in [0.15, 0.2) is 24.3 Å². The van der Waals surface area contributed by atoms with Crippen molar-refractivity contribution in [2.24, 2.45) is 0 Å². The van der Waals surface area contributed by atoms with Gasteiger partial charge in [-0.15, -0.1) is 0 Å². The van der Waals surface area contributed by atoms with Crippen LogP contribution < -0.4 is 10.4 Å². The van der Waals surface area contributed by atoms with E-state index in [1.54, 1.807) is 12.1 Å². The van der Waals surface area contributed by atoms with Crippen molar-refractivity contribution in [1.29, 1.82) is 0 Å². The lowest BCUT2D eigenvalue weighted by atomic mass is 10.2. The van der Waals surface area contributed by atoms with Gasteiger partial charge in [-0.05, 0) is 17.4 Å². The van der Waals surface area contributed by atoms with E-state index >= 15 is 0 Å². The summed E-state index contributed by atoms with van der Waals surface area (Å²) in [7, 11) is 1.49. The molecular formula is C9H9ClO2S. The van der Waals surface area contributed by atoms with E-state index in [1.165, 1.54) is 0 Å². The van der Waals surface area contributed by atoms with E-state index in [-0.39, 0.29) is 0 Å². The Kier molecular flexibility index (Phi) is 3.12. The predicted octanol–water partition coefficient (Wildman–Crippen LogP) is 0.794. The summed E-state index contributed by atoms with van der Waals surface area (Å²) in [5.74, 6) is 0. The molecule has 0 bridgehead atoms. The molecule has 0 aromatic heterocycles. The first-order valence-electron chi connectivity index (χ1n) is 3.70. The SMILES string of the molecule is CC=c1ccc(=CS(=O)(=O)Cl)cc1. The average molecular weight is 217 g/mol. The third-order valence-electron chi connectivity index (χ3n) is 1.55. The Hall–Kier alpha value is -0.800. The second-order valence-corrected chi connectivity index (χ2v) is 5.03. The van der Waals surface area contributed by atoms with Crippen LogP contribution in [-0.4, -0.2) is 8.42 Å². The van der Waals surface area contributed by atoms with Crippen molar-refractivity contribution in [3.63, 3.8) is 0 Å². The molecule has 0 atom stereocenters. The van der Waals surface area contributed by atoms with Crippen LogP contribution in [0.2, 0.25) is 0 Å². The van der Waals surface area contributed by atoms with Crippen LogP contribution in [0.5, 0.6) is 0 Å². The molecule has 0 N–H and O–H groups in total. The van der Waals surface area contributed by atoms with E-state index < -0.39 is 9.05 Å². The van der Waals surface area contributed by atoms with Gasteiger partial charge < -0.3 is 0 Å². The highest BCUT2D eigenvalue weighted by atomic mass is 35.7. The molecule has 70 valence electrons. The molecule has 0 radical (unpaired) electrons. The largest absolute Gasteiger partial charge is 0.255 e. The Labute approximate surface area is 81.6 Å². The Morgan fingerprint density at radius 2 is 1.62 bits per heavy atom. The van der Waals surface area contributed by atoms with Crippen LogP contribution in [-0.2, 0) is 9.05 Å². The van der Waals surface area contributed by atoms with Gasteiger partial charge in [0, 0.05) is 10.7 Å². The third kappa shape index (κ3) is 3.61. The molecule has 0 spiro atoms. The summed E-state index contributed by atoms with van der Waals surface area (Å²) in [6.07, 6.45) is 1.93. The van der Waals surface area contributed by atoms with Crippen LogP contribution in [0.25, 0.3) is 11.5 Å². The van der Waals surface area contributed by atoms with E-state index in [0.717, 1.165) is 10.6 Å². The standard InChI is InChI=1S/C9H9ClO2S/c1-2-8-3-5-9(6-4-8)7-13(10,11)12/h2-7H,1H3. The number of halogens is 1. The second kappa shape index (κ2) is 3.94. The monoisotopic (exact) mass is 216 g/mol. The van der Waals surface area contributed by atoms with Crippen molar-refractivity contribution in [1.82, 2.24) is 0 Å². The fraction of sp³-hybridized carbons (Fsp3) is 0.111. The Morgan fingerprint density at radius 3 is 2.00 bits per heavy atom. The maximum absolute atomic E-state index is 10.7. The average Bonchev–Trinajstić information content (AvgIpc) is 2.03. The Morgan fingerprint density at radius 1 is 1.15 bits per heavy atom. The van der Waals surface area contributed by atoms with Crippen molar-refractivity contribution in [3.05, 3.63) is 34.7 Å². The van der Waals surface area contributed by atoms with Crippen molar-refractivity contribution in [2.45, 2.75) is 6.92 Å². The molecule has 0 aliphatic rings. The summed E-state index contributed by atoms with van der Waals surface area (Å²) < 4.78 is 21.3. The molecule has 1 aromatic rings. The lowest BCUT2D eigenvalue weighted by molar-refractivity contribution is 0.619. The van der Waals surface area contributed by atoms with Gasteiger partial charge in [-0.2, -0.15) is 0 Å². The minimum Gasteiger partial charge on any atom is -0.208 e. The molecule has 0 amide bonds. The molecule has 4 heteroatoms. The maximum atomic E-state index is 10.7. The highest BCUT2D eigenvalue weighted by Crippen LogP contribution is 1.95. The van der Waals surface area contributed by atoms with E-state index in [0.29, 0.717) is 5.22 Å². The van der Waals surface area contributed by atoms with Crippen LogP contribution in [0.4, 0.5) is 0 Å². The molecule has 1 rings (SSSR count). The molecule has 0 fully saturated rings. The van der Waals surface area contributed by atoms with Crippen molar-refractivity contribution < 1.29 is 8.42 Å². The number of hydrogen-bond donors (Lipinski definition) is 0. The van der Waals surface area contributed by atoms with Gasteiger partial charge in [-0.25, -0.2) is 8.42 Å². The van der Waals surface area contributed by atoms with Gasteiger partial charge in [0.25, 0.3) is 9.05 Å². The summed E-state index contributed by atoms with van der Waals surface area (Å²) in [6.45, 7) is 1.91. The summed E-state index contributed by atoms with van der Waals surface area (Å²) in [4.78, 5) is 0. The number of benzene rings is 1. The van der Waals surface area contributed by atoms with Gasteiger partial charge in [0.2, 0.25) is 0 Å². The zero-order chi connectivity index (χ0) is 9.90. The van der Waals surface area contributed by atoms with Crippen molar-refractivity contribution in [3.8, 4) is 0 Å². The molecular weight excluding hydrogens is 208 g/mol. The Balaban J connectivity index is 3.29. The topological polar surface area (TPSA) is 34.1 Å². The van der Waals surface area contributed by atoms with Crippen molar-refractivity contribution in [2.75, 3.05) is 0 Å². The first-order chi connectivity index (χ1) is 6.01. The van der Waals surface area contributed by atoms with Crippen molar-refractivity contribution >= 4 is 31.2 Å². The van der Waals surface area contributed by atoms with Crippen LogP contribution in [0.1, 0.15) is 6.92 Å². The first-order valence-corrected chi connectivity index (χ1v) is 6.07. The summed E-state index contributed by atoms with van der Waals surface area (Å²) in [5, 5.41) is 2.65. The van der Waals surface area contributed by atoms with Gasteiger partial charge in [0.15, 0.2) is 0 Å².